The number of aryl methyl sites for hydroxylation is 3. The van der Waals surface area contributed by atoms with Crippen molar-refractivity contribution in [2.45, 2.75) is 33.1 Å². The molecule has 0 spiro atoms. The zero-order chi connectivity index (χ0) is 13.4. The van der Waals surface area contributed by atoms with Crippen molar-refractivity contribution in [3.8, 4) is 0 Å². The lowest BCUT2D eigenvalue weighted by molar-refractivity contribution is -0.120. The third kappa shape index (κ3) is 2.38. The summed E-state index contributed by atoms with van der Waals surface area (Å²) in [4.78, 5) is 19.8. The third-order valence-electron chi connectivity index (χ3n) is 3.41. The van der Waals surface area contributed by atoms with E-state index in [9.17, 15) is 4.79 Å². The molecule has 0 bridgehead atoms. The fraction of sp³-hybridized carbons (Fsp3) is 0.462. The first kappa shape index (κ1) is 12.0. The molecule has 0 saturated heterocycles. The van der Waals surface area contributed by atoms with Crippen LogP contribution in [0.25, 0.3) is 0 Å². The Morgan fingerprint density at radius 1 is 1.53 bits per heavy atom. The number of fused-ring (bicyclic) bond motifs is 1. The molecule has 1 unspecified atom stereocenters. The monoisotopic (exact) mass is 260 g/mol. The number of H-pyrrole nitrogens is 1. The minimum absolute atomic E-state index is 0.00815. The fourth-order valence-corrected chi connectivity index (χ4v) is 2.50. The lowest BCUT2D eigenvalue weighted by Crippen LogP contribution is -2.28. The van der Waals surface area contributed by atoms with Crippen molar-refractivity contribution in [3.63, 3.8) is 0 Å². The molecule has 1 aliphatic rings. The molecule has 100 valence electrons. The van der Waals surface area contributed by atoms with Crippen LogP contribution in [0, 0.1) is 19.8 Å². The van der Waals surface area contributed by atoms with Crippen molar-refractivity contribution in [1.82, 2.24) is 15.1 Å². The van der Waals surface area contributed by atoms with Crippen LogP contribution in [0.3, 0.4) is 0 Å². The van der Waals surface area contributed by atoms with Crippen LogP contribution in [0.4, 0.5) is 5.82 Å². The first-order chi connectivity index (χ1) is 9.11. The molecule has 0 aromatic carbocycles. The van der Waals surface area contributed by atoms with Gasteiger partial charge in [0.05, 0.1) is 5.69 Å². The molecule has 2 aromatic heterocycles. The molecule has 6 heteroatoms. The summed E-state index contributed by atoms with van der Waals surface area (Å²) in [6, 6.07) is 1.71. The fourth-order valence-electron chi connectivity index (χ4n) is 2.50. The molecule has 2 N–H and O–H groups in total. The van der Waals surface area contributed by atoms with E-state index in [4.69, 9.17) is 4.52 Å². The summed E-state index contributed by atoms with van der Waals surface area (Å²) in [5.41, 5.74) is 2.18. The molecular formula is C13H16N4O2. The molecule has 0 radical (unpaired) electrons. The van der Waals surface area contributed by atoms with Crippen LogP contribution in [0.1, 0.15) is 29.4 Å². The average molecular weight is 260 g/mol. The Morgan fingerprint density at radius 3 is 3.11 bits per heavy atom. The van der Waals surface area contributed by atoms with E-state index in [1.54, 1.807) is 13.0 Å². The lowest BCUT2D eigenvalue weighted by Gasteiger charge is -2.19. The number of aromatic amines is 1. The van der Waals surface area contributed by atoms with Crippen LogP contribution in [0.15, 0.2) is 10.6 Å². The normalized spacial score (nSPS) is 18.1. The second-order valence-corrected chi connectivity index (χ2v) is 5.00. The summed E-state index contributed by atoms with van der Waals surface area (Å²) in [5.74, 6) is 2.04. The first-order valence-corrected chi connectivity index (χ1v) is 6.40. The van der Waals surface area contributed by atoms with Gasteiger partial charge in [-0.05, 0) is 26.7 Å². The molecule has 19 heavy (non-hydrogen) atoms. The van der Waals surface area contributed by atoms with E-state index in [2.05, 4.69) is 20.4 Å². The van der Waals surface area contributed by atoms with Gasteiger partial charge in [-0.2, -0.15) is 0 Å². The number of amides is 1. The predicted molar refractivity (Wildman–Crippen MR) is 68.7 cm³/mol. The summed E-state index contributed by atoms with van der Waals surface area (Å²) in [5, 5.41) is 6.56. The van der Waals surface area contributed by atoms with Gasteiger partial charge in [0.25, 0.3) is 0 Å². The van der Waals surface area contributed by atoms with Crippen LogP contribution in [-0.2, 0) is 17.6 Å². The van der Waals surface area contributed by atoms with Crippen molar-refractivity contribution >= 4 is 11.7 Å². The van der Waals surface area contributed by atoms with E-state index in [0.29, 0.717) is 18.0 Å². The molecule has 6 nitrogen and oxygen atoms in total. The van der Waals surface area contributed by atoms with Gasteiger partial charge in [-0.3, -0.25) is 4.79 Å². The largest absolute Gasteiger partial charge is 0.360 e. The predicted octanol–water partition coefficient (Wildman–Crippen LogP) is 1.76. The highest BCUT2D eigenvalue weighted by atomic mass is 16.5. The Balaban J connectivity index is 1.69. The van der Waals surface area contributed by atoms with Crippen molar-refractivity contribution in [2.24, 2.45) is 5.92 Å². The Labute approximate surface area is 110 Å². The number of nitrogens with one attached hydrogen (secondary N) is 2. The van der Waals surface area contributed by atoms with Gasteiger partial charge in [-0.25, -0.2) is 4.98 Å². The average Bonchev–Trinajstić information content (AvgIpc) is 2.93. The summed E-state index contributed by atoms with van der Waals surface area (Å²) in [6.45, 7) is 3.73. The van der Waals surface area contributed by atoms with Crippen LogP contribution < -0.4 is 5.32 Å². The number of carbonyl (C=O) groups is 1. The number of hydrogen-bond donors (Lipinski definition) is 2. The van der Waals surface area contributed by atoms with Crippen molar-refractivity contribution < 1.29 is 9.32 Å². The number of carbonyl (C=O) groups excluding carboxylic acids is 1. The Bertz CT molecular complexity index is 614. The van der Waals surface area contributed by atoms with E-state index in [-0.39, 0.29) is 11.8 Å². The van der Waals surface area contributed by atoms with E-state index in [0.717, 1.165) is 30.1 Å². The van der Waals surface area contributed by atoms with Gasteiger partial charge >= 0.3 is 0 Å². The van der Waals surface area contributed by atoms with Gasteiger partial charge in [-0.15, -0.1) is 0 Å². The van der Waals surface area contributed by atoms with Gasteiger partial charge in [0.1, 0.15) is 11.6 Å². The maximum Gasteiger partial charge on any atom is 0.229 e. The third-order valence-corrected chi connectivity index (χ3v) is 3.41. The lowest BCUT2D eigenvalue weighted by atomic mass is 9.89. The molecule has 1 amide bonds. The van der Waals surface area contributed by atoms with Crippen LogP contribution in [-0.4, -0.2) is 21.0 Å². The number of anilines is 1. The summed E-state index contributed by atoms with van der Waals surface area (Å²) >= 11 is 0. The molecule has 3 rings (SSSR count). The Morgan fingerprint density at radius 2 is 2.37 bits per heavy atom. The first-order valence-electron chi connectivity index (χ1n) is 6.40. The van der Waals surface area contributed by atoms with Gasteiger partial charge in [0.2, 0.25) is 5.91 Å². The van der Waals surface area contributed by atoms with E-state index in [1.165, 1.54) is 0 Å². The maximum atomic E-state index is 12.2. The summed E-state index contributed by atoms with van der Waals surface area (Å²) in [7, 11) is 0. The number of rotatable bonds is 2. The summed E-state index contributed by atoms with van der Waals surface area (Å²) in [6.07, 6.45) is 2.37. The number of nitrogens with zero attached hydrogens (tertiary/aromatic N) is 2. The van der Waals surface area contributed by atoms with E-state index >= 15 is 0 Å². The number of imidazole rings is 1. The van der Waals surface area contributed by atoms with Crippen LogP contribution in [0.2, 0.25) is 0 Å². The Kier molecular flexibility index (Phi) is 2.85. The molecule has 0 fully saturated rings. The van der Waals surface area contributed by atoms with Gasteiger partial charge in [-0.1, -0.05) is 5.16 Å². The molecule has 0 aliphatic heterocycles. The van der Waals surface area contributed by atoms with E-state index in [1.807, 2.05) is 6.92 Å². The van der Waals surface area contributed by atoms with Gasteiger partial charge in [0, 0.05) is 24.1 Å². The number of hydrogen-bond acceptors (Lipinski definition) is 4. The highest BCUT2D eigenvalue weighted by molar-refractivity contribution is 5.91. The SMILES string of the molecule is Cc1nc2c([nH]1)CC(C(=O)Nc1cc(C)on1)CC2. The quantitative estimate of drug-likeness (QED) is 0.861. The topological polar surface area (TPSA) is 83.8 Å². The molecule has 2 heterocycles. The molecule has 1 aliphatic carbocycles. The summed E-state index contributed by atoms with van der Waals surface area (Å²) < 4.78 is 4.93. The second-order valence-electron chi connectivity index (χ2n) is 5.00. The second kappa shape index (κ2) is 4.53. The highest BCUT2D eigenvalue weighted by Crippen LogP contribution is 2.25. The van der Waals surface area contributed by atoms with Crippen LogP contribution in [0.5, 0.6) is 0 Å². The van der Waals surface area contributed by atoms with Crippen molar-refractivity contribution in [3.05, 3.63) is 29.0 Å². The van der Waals surface area contributed by atoms with Crippen molar-refractivity contribution in [2.75, 3.05) is 5.32 Å². The minimum atomic E-state index is -0.0376. The van der Waals surface area contributed by atoms with E-state index < -0.39 is 0 Å². The van der Waals surface area contributed by atoms with Gasteiger partial charge in [0.15, 0.2) is 5.82 Å². The highest BCUT2D eigenvalue weighted by Gasteiger charge is 2.27. The maximum absolute atomic E-state index is 12.2. The molecule has 1 atom stereocenters. The van der Waals surface area contributed by atoms with Crippen molar-refractivity contribution in [1.29, 1.82) is 0 Å². The Hall–Kier alpha value is -2.11. The molecular weight excluding hydrogens is 244 g/mol. The molecule has 0 saturated carbocycles. The number of aromatic nitrogens is 3. The standard InChI is InChI=1S/C13H16N4O2/c1-7-5-12(17-19-7)16-13(18)9-3-4-10-11(6-9)15-8(2)14-10/h5,9H,3-4,6H2,1-2H3,(H,14,15)(H,16,17,18). The minimum Gasteiger partial charge on any atom is -0.360 e. The zero-order valence-corrected chi connectivity index (χ0v) is 11.0. The van der Waals surface area contributed by atoms with Crippen LogP contribution >= 0.6 is 0 Å². The zero-order valence-electron chi connectivity index (χ0n) is 11.0. The smallest absolute Gasteiger partial charge is 0.229 e. The molecule has 2 aromatic rings. The van der Waals surface area contributed by atoms with Gasteiger partial charge < -0.3 is 14.8 Å².